The number of nitrogens with one attached hydrogen (secondary N) is 1. The van der Waals surface area contributed by atoms with E-state index in [1.54, 1.807) is 18.5 Å². The van der Waals surface area contributed by atoms with Crippen LogP contribution in [-0.4, -0.2) is 10.9 Å². The molecule has 0 aliphatic rings. The molecule has 0 radical (unpaired) electrons. The predicted octanol–water partition coefficient (Wildman–Crippen LogP) is 1.95. The van der Waals surface area contributed by atoms with Crippen molar-refractivity contribution in [3.05, 3.63) is 47.5 Å². The Morgan fingerprint density at radius 1 is 1.37 bits per heavy atom. The number of benzene rings is 1. The Morgan fingerprint density at radius 2 is 2.11 bits per heavy atom. The zero-order valence-corrected chi connectivity index (χ0v) is 10.3. The second-order valence-electron chi connectivity index (χ2n) is 4.10. The fourth-order valence-corrected chi connectivity index (χ4v) is 1.64. The maximum absolute atomic E-state index is 13.8. The minimum Gasteiger partial charge on any atom is -0.398 e. The number of aryl methyl sites for hydroxylation is 1. The number of nitrogen functional groups attached to an aromatic ring is 1. The van der Waals surface area contributed by atoms with Gasteiger partial charge in [0.2, 0.25) is 0 Å². The number of pyridine rings is 1. The summed E-state index contributed by atoms with van der Waals surface area (Å²) >= 11 is 0. The highest BCUT2D eigenvalue weighted by Gasteiger charge is 2.12. The molecule has 2 aromatic rings. The van der Waals surface area contributed by atoms with Gasteiger partial charge < -0.3 is 16.8 Å². The van der Waals surface area contributed by atoms with Crippen LogP contribution in [0.2, 0.25) is 0 Å². The molecule has 0 aliphatic heterocycles. The number of rotatable bonds is 3. The highest BCUT2D eigenvalue weighted by molar-refractivity contribution is 5.99. The first-order chi connectivity index (χ1) is 8.99. The van der Waals surface area contributed by atoms with E-state index in [-0.39, 0.29) is 16.9 Å². The summed E-state index contributed by atoms with van der Waals surface area (Å²) in [5.41, 5.74) is 12.5. The molecule has 0 aliphatic carbocycles. The van der Waals surface area contributed by atoms with Gasteiger partial charge in [0.05, 0.1) is 23.1 Å². The maximum Gasteiger partial charge on any atom is 0.250 e. The molecule has 5 nitrogen and oxygen atoms in total. The van der Waals surface area contributed by atoms with Crippen molar-refractivity contribution < 1.29 is 9.18 Å². The van der Waals surface area contributed by atoms with E-state index in [1.807, 2.05) is 6.92 Å². The summed E-state index contributed by atoms with van der Waals surface area (Å²) in [6, 6.07) is 4.14. The Hall–Kier alpha value is -2.63. The van der Waals surface area contributed by atoms with Crippen molar-refractivity contribution in [3.8, 4) is 0 Å². The van der Waals surface area contributed by atoms with Crippen LogP contribution in [0.4, 0.5) is 21.5 Å². The van der Waals surface area contributed by atoms with Crippen LogP contribution in [0.1, 0.15) is 15.9 Å². The van der Waals surface area contributed by atoms with Crippen molar-refractivity contribution in [1.29, 1.82) is 0 Å². The van der Waals surface area contributed by atoms with E-state index in [0.29, 0.717) is 5.69 Å². The lowest BCUT2D eigenvalue weighted by atomic mass is 10.1. The minimum absolute atomic E-state index is 0.0125. The van der Waals surface area contributed by atoms with E-state index in [2.05, 4.69) is 10.3 Å². The molecule has 1 heterocycles. The van der Waals surface area contributed by atoms with Gasteiger partial charge >= 0.3 is 0 Å². The zero-order chi connectivity index (χ0) is 14.0. The Morgan fingerprint density at radius 3 is 2.74 bits per heavy atom. The van der Waals surface area contributed by atoms with E-state index in [0.717, 1.165) is 11.6 Å². The van der Waals surface area contributed by atoms with Gasteiger partial charge in [0, 0.05) is 11.9 Å². The largest absolute Gasteiger partial charge is 0.398 e. The van der Waals surface area contributed by atoms with Crippen molar-refractivity contribution >= 4 is 23.0 Å². The summed E-state index contributed by atoms with van der Waals surface area (Å²) in [7, 11) is 0. The fourth-order valence-electron chi connectivity index (χ4n) is 1.64. The number of hydrogen-bond acceptors (Lipinski definition) is 4. The van der Waals surface area contributed by atoms with Crippen LogP contribution in [0.25, 0.3) is 0 Å². The van der Waals surface area contributed by atoms with Crippen LogP contribution in [0.5, 0.6) is 0 Å². The van der Waals surface area contributed by atoms with Gasteiger partial charge in [0.25, 0.3) is 5.91 Å². The molecule has 0 spiro atoms. The topological polar surface area (TPSA) is 94.0 Å². The van der Waals surface area contributed by atoms with Gasteiger partial charge in [-0.05, 0) is 30.7 Å². The summed E-state index contributed by atoms with van der Waals surface area (Å²) in [5, 5.41) is 2.86. The van der Waals surface area contributed by atoms with Gasteiger partial charge in [-0.3, -0.25) is 9.78 Å². The summed E-state index contributed by atoms with van der Waals surface area (Å²) < 4.78 is 13.8. The summed E-state index contributed by atoms with van der Waals surface area (Å²) in [6.45, 7) is 1.86. The normalized spacial score (nSPS) is 10.2. The predicted molar refractivity (Wildman–Crippen MR) is 71.6 cm³/mol. The number of nitrogens with two attached hydrogens (primary N) is 2. The first kappa shape index (κ1) is 12.8. The first-order valence-electron chi connectivity index (χ1n) is 5.55. The standard InChI is InChI=1S/C13H13FN4O/c1-7-2-3-17-6-12(7)18-11-4-8(13(16)19)10(15)5-9(11)14/h2-6,18H,15H2,1H3,(H2,16,19). The zero-order valence-electron chi connectivity index (χ0n) is 10.3. The smallest absolute Gasteiger partial charge is 0.250 e. The molecule has 0 bridgehead atoms. The molecule has 1 aromatic carbocycles. The second kappa shape index (κ2) is 4.93. The second-order valence-corrected chi connectivity index (χ2v) is 4.10. The van der Waals surface area contributed by atoms with Gasteiger partial charge in [-0.1, -0.05) is 0 Å². The number of halogens is 1. The monoisotopic (exact) mass is 260 g/mol. The molecule has 1 amide bonds. The van der Waals surface area contributed by atoms with Crippen LogP contribution in [0.15, 0.2) is 30.6 Å². The van der Waals surface area contributed by atoms with Gasteiger partial charge in [-0.15, -0.1) is 0 Å². The lowest BCUT2D eigenvalue weighted by Crippen LogP contribution is -2.14. The van der Waals surface area contributed by atoms with Crippen LogP contribution in [0, 0.1) is 12.7 Å². The number of primary amides is 1. The molecule has 19 heavy (non-hydrogen) atoms. The lowest BCUT2D eigenvalue weighted by molar-refractivity contribution is 0.100. The average Bonchev–Trinajstić information content (AvgIpc) is 2.34. The van der Waals surface area contributed by atoms with Gasteiger partial charge in [0.15, 0.2) is 0 Å². The SMILES string of the molecule is Cc1ccncc1Nc1cc(C(N)=O)c(N)cc1F. The summed E-state index contributed by atoms with van der Waals surface area (Å²) in [4.78, 5) is 15.1. The Bertz CT molecular complexity index is 643. The Kier molecular flexibility index (Phi) is 3.33. The quantitative estimate of drug-likeness (QED) is 0.735. The number of hydrogen-bond donors (Lipinski definition) is 3. The summed E-state index contributed by atoms with van der Waals surface area (Å²) in [5.74, 6) is -1.27. The molecule has 1 aromatic heterocycles. The van der Waals surface area contributed by atoms with Gasteiger partial charge in [0.1, 0.15) is 5.82 Å². The van der Waals surface area contributed by atoms with E-state index in [4.69, 9.17) is 11.5 Å². The third kappa shape index (κ3) is 2.62. The number of amides is 1. The molecule has 0 unspecified atom stereocenters. The van der Waals surface area contributed by atoms with E-state index in [9.17, 15) is 9.18 Å². The third-order valence-electron chi connectivity index (χ3n) is 2.71. The number of aromatic nitrogens is 1. The number of carbonyl (C=O) groups excluding carboxylic acids is 1. The molecular weight excluding hydrogens is 247 g/mol. The van der Waals surface area contributed by atoms with Crippen molar-refractivity contribution in [2.45, 2.75) is 6.92 Å². The minimum atomic E-state index is -0.705. The van der Waals surface area contributed by atoms with Gasteiger partial charge in [-0.25, -0.2) is 4.39 Å². The van der Waals surface area contributed by atoms with Crippen molar-refractivity contribution in [2.75, 3.05) is 11.1 Å². The lowest BCUT2D eigenvalue weighted by Gasteiger charge is -2.12. The van der Waals surface area contributed by atoms with Crippen LogP contribution < -0.4 is 16.8 Å². The number of carbonyl (C=O) groups is 1. The maximum atomic E-state index is 13.8. The molecule has 0 saturated carbocycles. The van der Waals surface area contributed by atoms with Crippen LogP contribution in [-0.2, 0) is 0 Å². The summed E-state index contributed by atoms with van der Waals surface area (Å²) in [6.07, 6.45) is 3.20. The van der Waals surface area contributed by atoms with Crippen molar-refractivity contribution in [1.82, 2.24) is 4.98 Å². The highest BCUT2D eigenvalue weighted by Crippen LogP contribution is 2.26. The molecule has 0 atom stereocenters. The van der Waals surface area contributed by atoms with E-state index >= 15 is 0 Å². The van der Waals surface area contributed by atoms with Gasteiger partial charge in [-0.2, -0.15) is 0 Å². The fraction of sp³-hybridized carbons (Fsp3) is 0.0769. The van der Waals surface area contributed by atoms with E-state index in [1.165, 1.54) is 6.07 Å². The molecule has 0 saturated heterocycles. The van der Waals surface area contributed by atoms with Crippen LogP contribution in [0.3, 0.4) is 0 Å². The Labute approximate surface area is 109 Å². The van der Waals surface area contributed by atoms with E-state index < -0.39 is 11.7 Å². The molecule has 5 N–H and O–H groups in total. The average molecular weight is 260 g/mol. The number of anilines is 3. The third-order valence-corrected chi connectivity index (χ3v) is 2.71. The molecule has 98 valence electrons. The van der Waals surface area contributed by atoms with Crippen molar-refractivity contribution in [3.63, 3.8) is 0 Å². The number of nitrogens with zero attached hydrogens (tertiary/aromatic N) is 1. The molecule has 2 rings (SSSR count). The highest BCUT2D eigenvalue weighted by atomic mass is 19.1. The first-order valence-corrected chi connectivity index (χ1v) is 5.55. The molecule has 6 heteroatoms. The molecule has 0 fully saturated rings. The van der Waals surface area contributed by atoms with Crippen molar-refractivity contribution in [2.24, 2.45) is 5.73 Å². The Balaban J connectivity index is 2.43. The van der Waals surface area contributed by atoms with Crippen LogP contribution >= 0.6 is 0 Å². The molecular formula is C13H13FN4O.